The van der Waals surface area contributed by atoms with Crippen LogP contribution in [0.5, 0.6) is 0 Å². The Labute approximate surface area is 75.3 Å². The van der Waals surface area contributed by atoms with Gasteiger partial charge in [0.2, 0.25) is 0 Å². The highest BCUT2D eigenvalue weighted by Crippen LogP contribution is 2.22. The van der Waals surface area contributed by atoms with E-state index in [-0.39, 0.29) is 0 Å². The normalized spacial score (nSPS) is 39.8. The van der Waals surface area contributed by atoms with Gasteiger partial charge in [-0.3, -0.25) is 0 Å². The maximum absolute atomic E-state index is 10.9. The molecule has 0 spiro atoms. The Balaban J connectivity index is 2.80. The summed E-state index contributed by atoms with van der Waals surface area (Å²) in [6.45, 7) is 1.72. The molecule has 0 saturated carbocycles. The molecule has 1 heterocycles. The summed E-state index contributed by atoms with van der Waals surface area (Å²) >= 11 is 0. The van der Waals surface area contributed by atoms with Gasteiger partial charge in [0.25, 0.3) is 0 Å². The maximum Gasteiger partial charge on any atom is 0.336 e. The fourth-order valence-electron chi connectivity index (χ4n) is 1.36. The van der Waals surface area contributed by atoms with Gasteiger partial charge in [-0.25, -0.2) is 4.79 Å². The third-order valence-electron chi connectivity index (χ3n) is 2.21. The molecule has 1 rings (SSSR count). The van der Waals surface area contributed by atoms with Gasteiger partial charge >= 0.3 is 5.97 Å². The number of esters is 1. The van der Waals surface area contributed by atoms with Crippen molar-refractivity contribution in [3.63, 3.8) is 0 Å². The second-order valence-electron chi connectivity index (χ2n) is 3.03. The van der Waals surface area contributed by atoms with Gasteiger partial charge in [-0.2, -0.15) is 0 Å². The van der Waals surface area contributed by atoms with Gasteiger partial charge < -0.3 is 19.7 Å². The molecule has 0 aromatic heterocycles. The molecule has 5 heteroatoms. The van der Waals surface area contributed by atoms with Crippen LogP contribution in [0.25, 0.3) is 0 Å². The zero-order valence-corrected chi connectivity index (χ0v) is 7.21. The van der Waals surface area contributed by atoms with Crippen LogP contribution in [0.2, 0.25) is 0 Å². The van der Waals surface area contributed by atoms with Crippen molar-refractivity contribution in [1.29, 1.82) is 0 Å². The van der Waals surface area contributed by atoms with Crippen LogP contribution in [0.15, 0.2) is 0 Å². The first kappa shape index (κ1) is 10.1. The number of ether oxygens (including phenoxy) is 1. The van der Waals surface area contributed by atoms with Crippen LogP contribution in [0, 0.1) is 5.92 Å². The van der Waals surface area contributed by atoms with Crippen LogP contribution in [-0.4, -0.2) is 40.8 Å². The predicted molar refractivity (Wildman–Crippen MR) is 41.7 cm³/mol. The lowest BCUT2D eigenvalue weighted by molar-refractivity contribution is -0.190. The third kappa shape index (κ3) is 1.71. The summed E-state index contributed by atoms with van der Waals surface area (Å²) in [5.74, 6) is -1.90. The smallest absolute Gasteiger partial charge is 0.336 e. The Hall–Kier alpha value is -0.940. The minimum Gasteiger partial charge on any atom is -0.458 e. The van der Waals surface area contributed by atoms with Crippen molar-refractivity contribution in [1.82, 2.24) is 0 Å². The lowest BCUT2D eigenvalue weighted by Gasteiger charge is -2.33. The number of aliphatic hydroxyl groups excluding tert-OH is 2. The van der Waals surface area contributed by atoms with Crippen molar-refractivity contribution in [3.05, 3.63) is 0 Å². The zero-order chi connectivity index (χ0) is 10.0. The summed E-state index contributed by atoms with van der Waals surface area (Å²) < 4.78 is 4.69. The van der Waals surface area contributed by atoms with Crippen LogP contribution >= 0.6 is 0 Å². The van der Waals surface area contributed by atoms with E-state index in [2.05, 4.69) is 0 Å². The van der Waals surface area contributed by atoms with E-state index in [4.69, 9.17) is 9.84 Å². The largest absolute Gasteiger partial charge is 0.458 e. The molecule has 1 saturated heterocycles. The molecule has 74 valence electrons. The fraction of sp³-hybridized carbons (Fsp3) is 0.750. The molecule has 1 aliphatic heterocycles. The molecule has 2 N–H and O–H groups in total. The summed E-state index contributed by atoms with van der Waals surface area (Å²) in [6.07, 6.45) is -2.51. The van der Waals surface area contributed by atoms with Gasteiger partial charge in [0.15, 0.2) is 6.10 Å². The summed E-state index contributed by atoms with van der Waals surface area (Å²) in [5.41, 5.74) is 0. The SMILES string of the molecule is CCC1OC(=O)C(O)C(C=O)C1O. The van der Waals surface area contributed by atoms with E-state index >= 15 is 0 Å². The van der Waals surface area contributed by atoms with Gasteiger partial charge in [-0.15, -0.1) is 0 Å². The molecular weight excluding hydrogens is 176 g/mol. The summed E-state index contributed by atoms with van der Waals surface area (Å²) in [6, 6.07) is 0. The number of aliphatic hydroxyl groups is 2. The summed E-state index contributed by atoms with van der Waals surface area (Å²) in [5, 5.41) is 18.6. The van der Waals surface area contributed by atoms with Crippen molar-refractivity contribution < 1.29 is 24.5 Å². The number of rotatable bonds is 2. The molecule has 0 bridgehead atoms. The number of hydrogen-bond donors (Lipinski definition) is 2. The highest BCUT2D eigenvalue weighted by molar-refractivity contribution is 5.80. The van der Waals surface area contributed by atoms with E-state index in [9.17, 15) is 14.7 Å². The minimum atomic E-state index is -1.53. The van der Waals surface area contributed by atoms with Crippen LogP contribution in [0.3, 0.4) is 0 Å². The molecule has 0 amide bonds. The van der Waals surface area contributed by atoms with Crippen LogP contribution < -0.4 is 0 Å². The second kappa shape index (κ2) is 3.85. The molecule has 4 unspecified atom stereocenters. The van der Waals surface area contributed by atoms with Crippen molar-refractivity contribution in [2.45, 2.75) is 31.7 Å². The topological polar surface area (TPSA) is 83.8 Å². The molecule has 0 aliphatic carbocycles. The van der Waals surface area contributed by atoms with Crippen molar-refractivity contribution in [2.24, 2.45) is 5.92 Å². The van der Waals surface area contributed by atoms with Crippen molar-refractivity contribution in [2.75, 3.05) is 0 Å². The Morgan fingerprint density at radius 2 is 2.15 bits per heavy atom. The number of hydrogen-bond acceptors (Lipinski definition) is 5. The number of carbonyl (C=O) groups is 2. The van der Waals surface area contributed by atoms with Gasteiger partial charge in [0.1, 0.15) is 18.5 Å². The Kier molecular flexibility index (Phi) is 3.00. The van der Waals surface area contributed by atoms with E-state index in [1.54, 1.807) is 6.92 Å². The Bertz CT molecular complexity index is 215. The highest BCUT2D eigenvalue weighted by atomic mass is 16.6. The number of carbonyl (C=O) groups excluding carboxylic acids is 2. The zero-order valence-electron chi connectivity index (χ0n) is 7.21. The lowest BCUT2D eigenvalue weighted by atomic mass is 9.90. The number of cyclic esters (lactones) is 1. The average molecular weight is 188 g/mol. The van der Waals surface area contributed by atoms with Gasteiger partial charge in [-0.1, -0.05) is 6.92 Å². The molecule has 5 nitrogen and oxygen atoms in total. The minimum absolute atomic E-state index is 0.387. The summed E-state index contributed by atoms with van der Waals surface area (Å²) in [7, 11) is 0. The second-order valence-corrected chi connectivity index (χ2v) is 3.03. The van der Waals surface area contributed by atoms with Crippen molar-refractivity contribution in [3.8, 4) is 0 Å². The van der Waals surface area contributed by atoms with Crippen LogP contribution in [0.1, 0.15) is 13.3 Å². The van der Waals surface area contributed by atoms with Crippen LogP contribution in [-0.2, 0) is 14.3 Å². The Morgan fingerprint density at radius 3 is 2.62 bits per heavy atom. The lowest BCUT2D eigenvalue weighted by Crippen LogP contribution is -2.52. The monoisotopic (exact) mass is 188 g/mol. The third-order valence-corrected chi connectivity index (χ3v) is 2.21. The van der Waals surface area contributed by atoms with Gasteiger partial charge in [0.05, 0.1) is 5.92 Å². The molecule has 0 radical (unpaired) electrons. The van der Waals surface area contributed by atoms with Gasteiger partial charge in [0, 0.05) is 0 Å². The first-order chi connectivity index (χ1) is 6.11. The fourth-order valence-corrected chi connectivity index (χ4v) is 1.36. The first-order valence-electron chi connectivity index (χ1n) is 4.13. The number of aldehydes is 1. The van der Waals surface area contributed by atoms with Crippen molar-refractivity contribution >= 4 is 12.3 Å². The Morgan fingerprint density at radius 1 is 1.54 bits per heavy atom. The molecule has 0 aromatic rings. The van der Waals surface area contributed by atoms with E-state index in [1.807, 2.05) is 0 Å². The molecule has 4 atom stereocenters. The first-order valence-corrected chi connectivity index (χ1v) is 4.13. The van der Waals surface area contributed by atoms with E-state index in [0.717, 1.165) is 0 Å². The van der Waals surface area contributed by atoms with Gasteiger partial charge in [-0.05, 0) is 6.42 Å². The molecule has 1 aliphatic rings. The quantitative estimate of drug-likeness (QED) is 0.422. The van der Waals surface area contributed by atoms with E-state index in [1.165, 1.54) is 0 Å². The van der Waals surface area contributed by atoms with E-state index < -0.39 is 30.2 Å². The standard InChI is InChI=1S/C8H12O5/c1-2-5-6(10)4(3-9)7(11)8(12)13-5/h3-7,10-11H,2H2,1H3. The van der Waals surface area contributed by atoms with Crippen LogP contribution in [0.4, 0.5) is 0 Å². The maximum atomic E-state index is 10.9. The molecular formula is C8H12O5. The van der Waals surface area contributed by atoms with E-state index in [0.29, 0.717) is 12.7 Å². The summed E-state index contributed by atoms with van der Waals surface area (Å²) in [4.78, 5) is 21.4. The molecule has 1 fully saturated rings. The predicted octanol–water partition coefficient (Wildman–Crippen LogP) is -1.14. The molecule has 0 aromatic carbocycles. The highest BCUT2D eigenvalue weighted by Gasteiger charge is 2.43. The molecule has 13 heavy (non-hydrogen) atoms. The average Bonchev–Trinajstić information content (AvgIpc) is 2.12.